The lowest BCUT2D eigenvalue weighted by molar-refractivity contribution is -0.118. The molecule has 2 rings (SSSR count). The van der Waals surface area contributed by atoms with Crippen LogP contribution in [0, 0.1) is 5.82 Å². The first-order chi connectivity index (χ1) is 7.15. The Balaban J connectivity index is 2.52. The van der Waals surface area contributed by atoms with Crippen LogP contribution in [0.25, 0.3) is 0 Å². The molecule has 1 unspecified atom stereocenters. The van der Waals surface area contributed by atoms with Crippen molar-refractivity contribution in [1.29, 1.82) is 0 Å². The fraction of sp³-hybridized carbons (Fsp3) is 0.417. The second-order valence-corrected chi connectivity index (χ2v) is 3.87. The molecule has 80 valence electrons. The molecule has 1 aliphatic rings. The summed E-state index contributed by atoms with van der Waals surface area (Å²) in [5.74, 6) is -0.512. The number of benzene rings is 1. The van der Waals surface area contributed by atoms with Crippen molar-refractivity contribution in [2.45, 2.75) is 19.8 Å². The molecule has 1 atom stereocenters. The van der Waals surface area contributed by atoms with Gasteiger partial charge in [-0.25, -0.2) is 4.39 Å². The second kappa shape index (κ2) is 3.65. The Morgan fingerprint density at radius 2 is 2.33 bits per heavy atom. The number of Topliss-reactive ketones (excluding diaryl/α,β-unsaturated/α-hetero) is 1. The molecule has 3 heteroatoms. The van der Waals surface area contributed by atoms with Crippen molar-refractivity contribution < 1.29 is 9.18 Å². The van der Waals surface area contributed by atoms with Gasteiger partial charge >= 0.3 is 0 Å². The van der Waals surface area contributed by atoms with E-state index in [4.69, 9.17) is 0 Å². The lowest BCUT2D eigenvalue weighted by Gasteiger charge is -2.16. The van der Waals surface area contributed by atoms with Crippen LogP contribution >= 0.6 is 0 Å². The number of fused-ring (bicyclic) bond motifs is 1. The zero-order chi connectivity index (χ0) is 11.0. The standard InChI is InChI=1S/C12H14FNO/c1-3-14-7-9(8(2)15)12-10(13)5-4-6-11(12)14/h4-6,9H,3,7H2,1-2H3. The summed E-state index contributed by atoms with van der Waals surface area (Å²) in [6.45, 7) is 4.96. The molecule has 1 heterocycles. The van der Waals surface area contributed by atoms with Gasteiger partial charge in [0.15, 0.2) is 0 Å². The molecule has 0 aliphatic carbocycles. The Labute approximate surface area is 88.7 Å². The topological polar surface area (TPSA) is 20.3 Å². The maximum absolute atomic E-state index is 13.6. The first-order valence-electron chi connectivity index (χ1n) is 5.19. The van der Waals surface area contributed by atoms with Crippen LogP contribution in [0.5, 0.6) is 0 Å². The van der Waals surface area contributed by atoms with Crippen molar-refractivity contribution in [3.63, 3.8) is 0 Å². The van der Waals surface area contributed by atoms with Crippen LogP contribution < -0.4 is 4.90 Å². The molecule has 1 aromatic rings. The Hall–Kier alpha value is -1.38. The average Bonchev–Trinajstić information content (AvgIpc) is 2.58. The molecule has 0 N–H and O–H groups in total. The number of hydrogen-bond acceptors (Lipinski definition) is 2. The van der Waals surface area contributed by atoms with E-state index in [-0.39, 0.29) is 17.5 Å². The van der Waals surface area contributed by atoms with Gasteiger partial charge in [0.25, 0.3) is 0 Å². The molecule has 15 heavy (non-hydrogen) atoms. The van der Waals surface area contributed by atoms with Crippen molar-refractivity contribution in [3.05, 3.63) is 29.6 Å². The molecule has 2 nitrogen and oxygen atoms in total. The van der Waals surface area contributed by atoms with Crippen molar-refractivity contribution in [3.8, 4) is 0 Å². The minimum Gasteiger partial charge on any atom is -0.370 e. The first kappa shape index (κ1) is 10.1. The van der Waals surface area contributed by atoms with Gasteiger partial charge in [0.05, 0.1) is 5.92 Å². The van der Waals surface area contributed by atoms with Crippen molar-refractivity contribution >= 4 is 11.5 Å². The van der Waals surface area contributed by atoms with Crippen molar-refractivity contribution in [2.75, 3.05) is 18.0 Å². The number of likely N-dealkylation sites (N-methyl/N-ethyl adjacent to an activating group) is 1. The molecular formula is C12H14FNO. The van der Waals surface area contributed by atoms with Crippen LogP contribution in [0.1, 0.15) is 25.3 Å². The summed E-state index contributed by atoms with van der Waals surface area (Å²) in [5, 5.41) is 0. The third-order valence-electron chi connectivity index (χ3n) is 2.99. The molecule has 0 radical (unpaired) electrons. The van der Waals surface area contributed by atoms with Crippen LogP contribution in [0.15, 0.2) is 18.2 Å². The third kappa shape index (κ3) is 1.52. The number of halogens is 1. The summed E-state index contributed by atoms with van der Waals surface area (Å²) in [7, 11) is 0. The molecule has 1 aliphatic heterocycles. The molecule has 0 saturated heterocycles. The minimum absolute atomic E-state index is 0.0392. The molecule has 0 amide bonds. The number of nitrogens with zero attached hydrogens (tertiary/aromatic N) is 1. The van der Waals surface area contributed by atoms with Crippen LogP contribution in [0.3, 0.4) is 0 Å². The summed E-state index contributed by atoms with van der Waals surface area (Å²) >= 11 is 0. The largest absolute Gasteiger partial charge is 0.370 e. The van der Waals surface area contributed by atoms with Crippen LogP contribution in [-0.4, -0.2) is 18.9 Å². The van der Waals surface area contributed by atoms with Gasteiger partial charge in [0.2, 0.25) is 0 Å². The number of hydrogen-bond donors (Lipinski definition) is 0. The number of carbonyl (C=O) groups excluding carboxylic acids is 1. The zero-order valence-corrected chi connectivity index (χ0v) is 8.96. The van der Waals surface area contributed by atoms with Gasteiger partial charge < -0.3 is 4.90 Å². The molecule has 0 fully saturated rings. The van der Waals surface area contributed by atoms with Crippen LogP contribution in [0.2, 0.25) is 0 Å². The zero-order valence-electron chi connectivity index (χ0n) is 8.96. The molecule has 1 aromatic carbocycles. The van der Waals surface area contributed by atoms with E-state index < -0.39 is 0 Å². The molecule has 0 saturated carbocycles. The fourth-order valence-corrected chi connectivity index (χ4v) is 2.19. The fourth-order valence-electron chi connectivity index (χ4n) is 2.19. The van der Waals surface area contributed by atoms with E-state index in [0.717, 1.165) is 12.2 Å². The summed E-state index contributed by atoms with van der Waals surface area (Å²) < 4.78 is 13.6. The molecule has 0 bridgehead atoms. The van der Waals surface area contributed by atoms with Crippen molar-refractivity contribution in [1.82, 2.24) is 0 Å². The first-order valence-corrected chi connectivity index (χ1v) is 5.19. The number of rotatable bonds is 2. The summed E-state index contributed by atoms with van der Waals surface area (Å²) in [4.78, 5) is 13.5. The Morgan fingerprint density at radius 3 is 2.93 bits per heavy atom. The quantitative estimate of drug-likeness (QED) is 0.741. The van der Waals surface area contributed by atoms with E-state index in [9.17, 15) is 9.18 Å². The van der Waals surface area contributed by atoms with Gasteiger partial charge in [-0.2, -0.15) is 0 Å². The van der Waals surface area contributed by atoms with Gasteiger partial charge in [0.1, 0.15) is 11.6 Å². The van der Waals surface area contributed by atoms with E-state index in [1.165, 1.54) is 13.0 Å². The summed E-state index contributed by atoms with van der Waals surface area (Å²) in [5.41, 5.74) is 1.45. The lowest BCUT2D eigenvalue weighted by atomic mass is 9.97. The monoisotopic (exact) mass is 207 g/mol. The van der Waals surface area contributed by atoms with E-state index in [1.807, 2.05) is 17.9 Å². The maximum atomic E-state index is 13.6. The maximum Gasteiger partial charge on any atom is 0.139 e. The van der Waals surface area contributed by atoms with Crippen LogP contribution in [-0.2, 0) is 4.79 Å². The highest BCUT2D eigenvalue weighted by atomic mass is 19.1. The number of anilines is 1. The lowest BCUT2D eigenvalue weighted by Crippen LogP contribution is -2.23. The SMILES string of the molecule is CCN1CC(C(C)=O)c2c(F)cccc21. The smallest absolute Gasteiger partial charge is 0.139 e. The third-order valence-corrected chi connectivity index (χ3v) is 2.99. The predicted octanol–water partition coefficient (Wildman–Crippen LogP) is 2.34. The van der Waals surface area contributed by atoms with E-state index in [1.54, 1.807) is 6.07 Å². The normalized spacial score (nSPS) is 19.1. The number of carbonyl (C=O) groups is 1. The molecule has 0 spiro atoms. The van der Waals surface area contributed by atoms with Gasteiger partial charge in [0, 0.05) is 24.3 Å². The second-order valence-electron chi connectivity index (χ2n) is 3.87. The van der Waals surface area contributed by atoms with E-state index in [0.29, 0.717) is 12.1 Å². The molecule has 0 aromatic heterocycles. The Bertz CT molecular complexity index is 403. The Kier molecular flexibility index (Phi) is 2.47. The van der Waals surface area contributed by atoms with Gasteiger partial charge in [-0.15, -0.1) is 0 Å². The summed E-state index contributed by atoms with van der Waals surface area (Å²) in [6.07, 6.45) is 0. The van der Waals surface area contributed by atoms with Gasteiger partial charge in [-0.05, 0) is 26.0 Å². The van der Waals surface area contributed by atoms with Crippen LogP contribution in [0.4, 0.5) is 10.1 Å². The summed E-state index contributed by atoms with van der Waals surface area (Å²) in [6, 6.07) is 5.00. The van der Waals surface area contributed by atoms with Gasteiger partial charge in [-0.1, -0.05) is 6.07 Å². The predicted molar refractivity (Wildman–Crippen MR) is 57.7 cm³/mol. The highest BCUT2D eigenvalue weighted by Crippen LogP contribution is 2.38. The molecular weight excluding hydrogens is 193 g/mol. The highest BCUT2D eigenvalue weighted by molar-refractivity contribution is 5.88. The number of ketones is 1. The van der Waals surface area contributed by atoms with E-state index >= 15 is 0 Å². The van der Waals surface area contributed by atoms with Gasteiger partial charge in [-0.3, -0.25) is 4.79 Å². The van der Waals surface area contributed by atoms with Crippen molar-refractivity contribution in [2.24, 2.45) is 0 Å². The highest BCUT2D eigenvalue weighted by Gasteiger charge is 2.33. The minimum atomic E-state index is -0.291. The average molecular weight is 207 g/mol. The Morgan fingerprint density at radius 1 is 1.60 bits per heavy atom. The van der Waals surface area contributed by atoms with E-state index in [2.05, 4.69) is 0 Å².